The van der Waals surface area contributed by atoms with E-state index < -0.39 is 5.84 Å². The van der Waals surface area contributed by atoms with Crippen LogP contribution in [0.4, 0.5) is 5.69 Å². The molecule has 0 spiro atoms. The third-order valence-electron chi connectivity index (χ3n) is 2.63. The summed E-state index contributed by atoms with van der Waals surface area (Å²) in [5.74, 6) is 0.555. The third-order valence-corrected chi connectivity index (χ3v) is 3.12. The van der Waals surface area contributed by atoms with Crippen molar-refractivity contribution in [2.24, 2.45) is 10.8 Å². The largest absolute Gasteiger partial charge is 0.455 e. The second kappa shape index (κ2) is 7.49. The molecule has 0 aromatic heterocycles. The molecule has 0 aliphatic carbocycles. The lowest BCUT2D eigenvalue weighted by molar-refractivity contribution is 0.484. The number of hydrazone groups is 1. The van der Waals surface area contributed by atoms with Crippen LogP contribution in [-0.2, 0) is 0 Å². The van der Waals surface area contributed by atoms with E-state index in [1.807, 2.05) is 0 Å². The summed E-state index contributed by atoms with van der Waals surface area (Å²) in [4.78, 5) is 0. The number of nitriles is 1. The van der Waals surface area contributed by atoms with E-state index >= 15 is 0 Å². The minimum atomic E-state index is -0.442. The lowest BCUT2D eigenvalue weighted by Gasteiger charge is -2.11. The van der Waals surface area contributed by atoms with Crippen molar-refractivity contribution in [2.75, 3.05) is 5.43 Å². The van der Waals surface area contributed by atoms with Gasteiger partial charge in [-0.1, -0.05) is 23.2 Å². The van der Waals surface area contributed by atoms with Crippen LogP contribution in [-0.4, -0.2) is 11.5 Å². The summed E-state index contributed by atoms with van der Waals surface area (Å²) < 4.78 is 5.73. The van der Waals surface area contributed by atoms with Crippen molar-refractivity contribution in [2.45, 2.75) is 0 Å². The second-order valence-electron chi connectivity index (χ2n) is 4.29. The number of ether oxygens (including phenoxy) is 1. The maximum absolute atomic E-state index is 8.85. The molecule has 0 saturated heterocycles. The van der Waals surface area contributed by atoms with E-state index in [1.165, 1.54) is 0 Å². The van der Waals surface area contributed by atoms with Crippen molar-refractivity contribution >= 4 is 40.4 Å². The number of amidine groups is 1. The molecule has 0 amide bonds. The first-order valence-corrected chi connectivity index (χ1v) is 7.06. The monoisotopic (exact) mass is 347 g/mol. The average Bonchev–Trinajstić information content (AvgIpc) is 2.52. The molecule has 0 aliphatic heterocycles. The van der Waals surface area contributed by atoms with Crippen LogP contribution in [0.15, 0.2) is 47.6 Å². The Morgan fingerprint density at radius 3 is 2.43 bits per heavy atom. The SMILES string of the molecule is N#C/C(=N\Nc1cc(Cl)ccc1Oc1ccc(Cl)cc1)C(=N)N. The molecule has 0 bridgehead atoms. The Hall–Kier alpha value is -2.75. The zero-order valence-electron chi connectivity index (χ0n) is 11.7. The molecule has 0 atom stereocenters. The summed E-state index contributed by atoms with van der Waals surface area (Å²) in [6, 6.07) is 13.4. The zero-order valence-corrected chi connectivity index (χ0v) is 13.2. The van der Waals surface area contributed by atoms with Gasteiger partial charge in [-0.15, -0.1) is 0 Å². The highest BCUT2D eigenvalue weighted by molar-refractivity contribution is 6.45. The van der Waals surface area contributed by atoms with Gasteiger partial charge in [0.25, 0.3) is 0 Å². The molecular formula is C15H11Cl2N5O. The fraction of sp³-hybridized carbons (Fsp3) is 0. The molecule has 8 heteroatoms. The van der Waals surface area contributed by atoms with Gasteiger partial charge in [-0.3, -0.25) is 10.8 Å². The van der Waals surface area contributed by atoms with Crippen LogP contribution < -0.4 is 15.9 Å². The first kappa shape index (κ1) is 16.6. The molecule has 23 heavy (non-hydrogen) atoms. The topological polar surface area (TPSA) is 107 Å². The lowest BCUT2D eigenvalue weighted by atomic mass is 10.3. The molecule has 0 saturated carbocycles. The van der Waals surface area contributed by atoms with Crippen molar-refractivity contribution in [3.8, 4) is 17.6 Å². The van der Waals surface area contributed by atoms with E-state index in [2.05, 4.69) is 10.5 Å². The van der Waals surface area contributed by atoms with E-state index in [1.54, 1.807) is 48.5 Å². The van der Waals surface area contributed by atoms with Gasteiger partial charge in [-0.05, 0) is 42.5 Å². The Balaban J connectivity index is 2.29. The van der Waals surface area contributed by atoms with Crippen LogP contribution in [0.1, 0.15) is 0 Å². The minimum absolute atomic E-state index is 0.248. The summed E-state index contributed by atoms with van der Waals surface area (Å²) >= 11 is 11.8. The number of hydrogen-bond acceptors (Lipinski definition) is 5. The van der Waals surface area contributed by atoms with E-state index in [-0.39, 0.29) is 5.71 Å². The molecule has 0 unspecified atom stereocenters. The lowest BCUT2D eigenvalue weighted by Crippen LogP contribution is -2.21. The number of rotatable bonds is 5. The number of benzene rings is 2. The van der Waals surface area contributed by atoms with Gasteiger partial charge in [0, 0.05) is 10.0 Å². The molecule has 2 rings (SSSR count). The maximum atomic E-state index is 8.85. The van der Waals surface area contributed by atoms with Crippen LogP contribution in [0, 0.1) is 16.7 Å². The van der Waals surface area contributed by atoms with Crippen molar-refractivity contribution in [3.05, 3.63) is 52.5 Å². The summed E-state index contributed by atoms with van der Waals surface area (Å²) in [6.07, 6.45) is 0. The van der Waals surface area contributed by atoms with Crippen molar-refractivity contribution in [1.82, 2.24) is 0 Å². The minimum Gasteiger partial charge on any atom is -0.455 e. The number of anilines is 1. The molecule has 116 valence electrons. The highest BCUT2D eigenvalue weighted by atomic mass is 35.5. The molecule has 0 heterocycles. The van der Waals surface area contributed by atoms with Crippen LogP contribution in [0.5, 0.6) is 11.5 Å². The van der Waals surface area contributed by atoms with Crippen molar-refractivity contribution in [1.29, 1.82) is 10.7 Å². The Labute approximate surface area is 142 Å². The van der Waals surface area contributed by atoms with Crippen LogP contribution >= 0.6 is 23.2 Å². The number of hydrogen-bond donors (Lipinski definition) is 3. The summed E-state index contributed by atoms with van der Waals surface area (Å²) in [7, 11) is 0. The van der Waals surface area contributed by atoms with Crippen LogP contribution in [0.25, 0.3) is 0 Å². The van der Waals surface area contributed by atoms with Gasteiger partial charge in [0.15, 0.2) is 11.6 Å². The molecular weight excluding hydrogens is 337 g/mol. The molecule has 6 nitrogen and oxygen atoms in total. The number of nitrogens with zero attached hydrogens (tertiary/aromatic N) is 2. The Morgan fingerprint density at radius 2 is 1.83 bits per heavy atom. The molecule has 4 N–H and O–H groups in total. The quantitative estimate of drug-likeness (QED) is 0.431. The average molecular weight is 348 g/mol. The molecule has 2 aromatic carbocycles. The van der Waals surface area contributed by atoms with E-state index in [4.69, 9.17) is 44.3 Å². The number of nitrogens with one attached hydrogen (secondary N) is 2. The van der Waals surface area contributed by atoms with Gasteiger partial charge in [0.05, 0.1) is 0 Å². The summed E-state index contributed by atoms with van der Waals surface area (Å²) in [6.45, 7) is 0. The number of halogens is 2. The summed E-state index contributed by atoms with van der Waals surface area (Å²) in [5, 5.41) is 20.9. The predicted octanol–water partition coefficient (Wildman–Crippen LogP) is 4.01. The van der Waals surface area contributed by atoms with Gasteiger partial charge in [0.1, 0.15) is 17.5 Å². The molecule has 0 radical (unpaired) electrons. The van der Waals surface area contributed by atoms with Crippen molar-refractivity contribution in [3.63, 3.8) is 0 Å². The Bertz CT molecular complexity index is 797. The molecule has 2 aromatic rings. The summed E-state index contributed by atoms with van der Waals surface area (Å²) in [5.41, 5.74) is 8.03. The first-order chi connectivity index (χ1) is 11.0. The molecule has 0 fully saturated rings. The smallest absolute Gasteiger partial charge is 0.201 e. The maximum Gasteiger partial charge on any atom is 0.201 e. The van der Waals surface area contributed by atoms with Gasteiger partial charge in [-0.25, -0.2) is 0 Å². The number of nitrogens with two attached hydrogens (primary N) is 1. The Morgan fingerprint density at radius 1 is 1.17 bits per heavy atom. The van der Waals surface area contributed by atoms with Crippen LogP contribution in [0.2, 0.25) is 10.0 Å². The van der Waals surface area contributed by atoms with Gasteiger partial charge in [0.2, 0.25) is 5.71 Å². The standard InChI is InChI=1S/C15H11Cl2N5O/c16-9-1-4-11(5-2-9)23-14-6-3-10(17)7-12(14)21-22-13(8-18)15(19)20/h1-7,21H,(H3,19,20)/b22-13+. The highest BCUT2D eigenvalue weighted by Gasteiger charge is 2.08. The van der Waals surface area contributed by atoms with Gasteiger partial charge < -0.3 is 10.5 Å². The van der Waals surface area contributed by atoms with Crippen LogP contribution in [0.3, 0.4) is 0 Å². The van der Waals surface area contributed by atoms with E-state index in [9.17, 15) is 0 Å². The third kappa shape index (κ3) is 4.61. The zero-order chi connectivity index (χ0) is 16.8. The van der Waals surface area contributed by atoms with Gasteiger partial charge >= 0.3 is 0 Å². The Kier molecular flexibility index (Phi) is 5.41. The van der Waals surface area contributed by atoms with Gasteiger partial charge in [-0.2, -0.15) is 10.4 Å². The second-order valence-corrected chi connectivity index (χ2v) is 5.17. The van der Waals surface area contributed by atoms with E-state index in [0.29, 0.717) is 27.2 Å². The van der Waals surface area contributed by atoms with Crippen molar-refractivity contribution < 1.29 is 4.74 Å². The fourth-order valence-corrected chi connectivity index (χ4v) is 1.87. The fourth-order valence-electron chi connectivity index (χ4n) is 1.57. The highest BCUT2D eigenvalue weighted by Crippen LogP contribution is 2.32. The van der Waals surface area contributed by atoms with E-state index in [0.717, 1.165) is 0 Å². The normalized spacial score (nSPS) is 10.7. The predicted molar refractivity (Wildman–Crippen MR) is 91.6 cm³/mol. The molecule has 0 aliphatic rings. The first-order valence-electron chi connectivity index (χ1n) is 6.31.